The lowest BCUT2D eigenvalue weighted by Crippen LogP contribution is -2.58. The maximum absolute atomic E-state index is 11.6. The summed E-state index contributed by atoms with van der Waals surface area (Å²) in [6, 6.07) is 6.18. The number of nitrogens with one attached hydrogen (secondary N) is 2. The standard InChI is InChI=1S/C17H26N2O2/c1-6-21-15-10-14(17(15,3)4)19-13-8-7-12(9-11(13)2)16(20)18-5/h7-9,14-15,19H,6,10H2,1-5H3,(H,18,20). The van der Waals surface area contributed by atoms with Crippen LogP contribution in [0.3, 0.4) is 0 Å². The van der Waals surface area contributed by atoms with Crippen LogP contribution in [0.5, 0.6) is 0 Å². The van der Waals surface area contributed by atoms with Gasteiger partial charge >= 0.3 is 0 Å². The molecule has 2 atom stereocenters. The Kier molecular flexibility index (Phi) is 4.57. The van der Waals surface area contributed by atoms with Gasteiger partial charge in [0.2, 0.25) is 0 Å². The molecule has 0 aromatic heterocycles. The molecule has 21 heavy (non-hydrogen) atoms. The van der Waals surface area contributed by atoms with Crippen molar-refractivity contribution in [2.75, 3.05) is 19.0 Å². The molecule has 4 nitrogen and oxygen atoms in total. The summed E-state index contributed by atoms with van der Waals surface area (Å²) in [4.78, 5) is 11.6. The van der Waals surface area contributed by atoms with Gasteiger partial charge in [-0.15, -0.1) is 0 Å². The van der Waals surface area contributed by atoms with E-state index in [1.165, 1.54) is 0 Å². The monoisotopic (exact) mass is 290 g/mol. The number of carbonyl (C=O) groups excluding carboxylic acids is 1. The Morgan fingerprint density at radius 2 is 2.14 bits per heavy atom. The zero-order chi connectivity index (χ0) is 15.6. The first-order valence-corrected chi connectivity index (χ1v) is 7.61. The summed E-state index contributed by atoms with van der Waals surface area (Å²) >= 11 is 0. The van der Waals surface area contributed by atoms with Crippen molar-refractivity contribution >= 4 is 11.6 Å². The van der Waals surface area contributed by atoms with Crippen LogP contribution in [-0.2, 0) is 4.74 Å². The quantitative estimate of drug-likeness (QED) is 0.876. The van der Waals surface area contributed by atoms with Gasteiger partial charge < -0.3 is 15.4 Å². The van der Waals surface area contributed by atoms with Gasteiger partial charge in [0.05, 0.1) is 6.10 Å². The minimum absolute atomic E-state index is 0.0509. The first kappa shape index (κ1) is 15.8. The molecule has 2 unspecified atom stereocenters. The summed E-state index contributed by atoms with van der Waals surface area (Å²) in [6.07, 6.45) is 1.35. The molecule has 1 aliphatic rings. The summed E-state index contributed by atoms with van der Waals surface area (Å²) < 4.78 is 5.76. The largest absolute Gasteiger partial charge is 0.381 e. The van der Waals surface area contributed by atoms with Gasteiger partial charge in [-0.05, 0) is 44.0 Å². The summed E-state index contributed by atoms with van der Waals surface area (Å²) in [5.41, 5.74) is 3.00. The lowest BCUT2D eigenvalue weighted by molar-refractivity contribution is -0.0976. The predicted molar refractivity (Wildman–Crippen MR) is 85.8 cm³/mol. The number of amides is 1. The Morgan fingerprint density at radius 1 is 1.43 bits per heavy atom. The van der Waals surface area contributed by atoms with E-state index >= 15 is 0 Å². The van der Waals surface area contributed by atoms with Gasteiger partial charge in [0.25, 0.3) is 5.91 Å². The highest BCUT2D eigenvalue weighted by molar-refractivity contribution is 5.94. The molecular formula is C17H26N2O2. The highest BCUT2D eigenvalue weighted by Crippen LogP contribution is 2.44. The zero-order valence-corrected chi connectivity index (χ0v) is 13.6. The van der Waals surface area contributed by atoms with Crippen LogP contribution < -0.4 is 10.6 Å². The van der Waals surface area contributed by atoms with Crippen molar-refractivity contribution in [3.63, 3.8) is 0 Å². The summed E-state index contributed by atoms with van der Waals surface area (Å²) in [7, 11) is 1.65. The van der Waals surface area contributed by atoms with E-state index in [4.69, 9.17) is 4.74 Å². The molecule has 1 amide bonds. The van der Waals surface area contributed by atoms with Crippen molar-refractivity contribution in [3.05, 3.63) is 29.3 Å². The number of hydrogen-bond donors (Lipinski definition) is 2. The Bertz CT molecular complexity index is 526. The minimum atomic E-state index is -0.0509. The van der Waals surface area contributed by atoms with Crippen LogP contribution in [0.2, 0.25) is 0 Å². The van der Waals surface area contributed by atoms with Crippen LogP contribution in [0, 0.1) is 12.3 Å². The molecule has 0 heterocycles. The molecule has 1 saturated carbocycles. The molecule has 2 N–H and O–H groups in total. The van der Waals surface area contributed by atoms with E-state index in [0.717, 1.165) is 24.3 Å². The molecule has 0 aliphatic heterocycles. The molecule has 0 bridgehead atoms. The third-order valence-corrected chi connectivity index (χ3v) is 4.59. The third-order valence-electron chi connectivity index (χ3n) is 4.59. The number of hydrogen-bond acceptors (Lipinski definition) is 3. The van der Waals surface area contributed by atoms with E-state index in [1.54, 1.807) is 7.05 Å². The summed E-state index contributed by atoms with van der Waals surface area (Å²) in [6.45, 7) is 9.31. The van der Waals surface area contributed by atoms with E-state index in [0.29, 0.717) is 17.7 Å². The van der Waals surface area contributed by atoms with Gasteiger partial charge in [-0.1, -0.05) is 13.8 Å². The van der Waals surface area contributed by atoms with Crippen molar-refractivity contribution in [2.45, 2.75) is 46.3 Å². The first-order valence-electron chi connectivity index (χ1n) is 7.61. The second kappa shape index (κ2) is 6.06. The van der Waals surface area contributed by atoms with E-state index in [-0.39, 0.29) is 11.3 Å². The lowest BCUT2D eigenvalue weighted by Gasteiger charge is -2.52. The molecule has 1 aromatic carbocycles. The molecule has 4 heteroatoms. The van der Waals surface area contributed by atoms with Crippen molar-refractivity contribution in [3.8, 4) is 0 Å². The van der Waals surface area contributed by atoms with Gasteiger partial charge in [0.15, 0.2) is 0 Å². The summed E-state index contributed by atoms with van der Waals surface area (Å²) in [5, 5.41) is 6.25. The Hall–Kier alpha value is -1.55. The second-order valence-corrected chi connectivity index (χ2v) is 6.31. The predicted octanol–water partition coefficient (Wildman–Crippen LogP) is 2.97. The molecule has 116 valence electrons. The molecule has 1 aliphatic carbocycles. The number of benzene rings is 1. The average Bonchev–Trinajstić information content (AvgIpc) is 2.46. The SMILES string of the molecule is CCOC1CC(Nc2ccc(C(=O)NC)cc2C)C1(C)C. The Morgan fingerprint density at radius 3 is 2.67 bits per heavy atom. The number of anilines is 1. The molecular weight excluding hydrogens is 264 g/mol. The number of ether oxygens (including phenoxy) is 1. The van der Waals surface area contributed by atoms with E-state index in [2.05, 4.69) is 24.5 Å². The lowest BCUT2D eigenvalue weighted by atomic mass is 9.64. The van der Waals surface area contributed by atoms with Crippen molar-refractivity contribution in [1.82, 2.24) is 5.32 Å². The van der Waals surface area contributed by atoms with Crippen molar-refractivity contribution in [2.24, 2.45) is 5.41 Å². The topological polar surface area (TPSA) is 50.4 Å². The van der Waals surface area contributed by atoms with Gasteiger partial charge in [-0.3, -0.25) is 4.79 Å². The number of aryl methyl sites for hydroxylation is 1. The maximum atomic E-state index is 11.6. The highest BCUT2D eigenvalue weighted by atomic mass is 16.5. The van der Waals surface area contributed by atoms with Crippen LogP contribution in [0.4, 0.5) is 5.69 Å². The van der Waals surface area contributed by atoms with Crippen LogP contribution in [-0.4, -0.2) is 31.7 Å². The first-order chi connectivity index (χ1) is 9.90. The van der Waals surface area contributed by atoms with Gasteiger partial charge in [0, 0.05) is 36.4 Å². The normalized spacial score (nSPS) is 23.3. The fourth-order valence-corrected chi connectivity index (χ4v) is 2.91. The average molecular weight is 290 g/mol. The van der Waals surface area contributed by atoms with Crippen LogP contribution in [0.1, 0.15) is 43.1 Å². The maximum Gasteiger partial charge on any atom is 0.251 e. The molecule has 0 saturated heterocycles. The molecule has 0 spiro atoms. The number of carbonyl (C=O) groups is 1. The van der Waals surface area contributed by atoms with Crippen molar-refractivity contribution < 1.29 is 9.53 Å². The highest BCUT2D eigenvalue weighted by Gasteiger charge is 2.48. The third kappa shape index (κ3) is 3.05. The Labute approximate surface area is 127 Å². The molecule has 0 radical (unpaired) electrons. The Balaban J connectivity index is 2.06. The van der Waals surface area contributed by atoms with Gasteiger partial charge in [-0.25, -0.2) is 0 Å². The van der Waals surface area contributed by atoms with E-state index < -0.39 is 0 Å². The van der Waals surface area contributed by atoms with Crippen LogP contribution in [0.25, 0.3) is 0 Å². The molecule has 2 rings (SSSR count). The van der Waals surface area contributed by atoms with E-state index in [9.17, 15) is 4.79 Å². The zero-order valence-electron chi connectivity index (χ0n) is 13.6. The van der Waals surface area contributed by atoms with E-state index in [1.807, 2.05) is 32.0 Å². The summed E-state index contributed by atoms with van der Waals surface area (Å²) in [5.74, 6) is -0.0509. The minimum Gasteiger partial charge on any atom is -0.381 e. The molecule has 1 fully saturated rings. The fraction of sp³-hybridized carbons (Fsp3) is 0.588. The van der Waals surface area contributed by atoms with Crippen molar-refractivity contribution in [1.29, 1.82) is 0 Å². The smallest absolute Gasteiger partial charge is 0.251 e. The fourth-order valence-electron chi connectivity index (χ4n) is 2.91. The number of rotatable bonds is 5. The molecule has 1 aromatic rings. The van der Waals surface area contributed by atoms with Crippen LogP contribution in [0.15, 0.2) is 18.2 Å². The van der Waals surface area contributed by atoms with Gasteiger partial charge in [0.1, 0.15) is 0 Å². The van der Waals surface area contributed by atoms with Gasteiger partial charge in [-0.2, -0.15) is 0 Å². The van der Waals surface area contributed by atoms with Crippen LogP contribution >= 0.6 is 0 Å². The second-order valence-electron chi connectivity index (χ2n) is 6.31.